The van der Waals surface area contributed by atoms with Crippen molar-refractivity contribution in [2.24, 2.45) is 13.0 Å². The first-order chi connectivity index (χ1) is 8.70. The Morgan fingerprint density at radius 3 is 2.32 bits per heavy atom. The molecule has 0 saturated heterocycles. The Labute approximate surface area is 114 Å². The topological polar surface area (TPSA) is 84.2 Å². The maximum absolute atomic E-state index is 12.4. The highest BCUT2D eigenvalue weighted by Crippen LogP contribution is 2.20. The first-order valence-corrected chi connectivity index (χ1v) is 7.82. The van der Waals surface area contributed by atoms with Crippen LogP contribution in [0.5, 0.6) is 0 Å². The van der Waals surface area contributed by atoms with Crippen LogP contribution in [0.4, 0.5) is 0 Å². The third-order valence-electron chi connectivity index (χ3n) is 3.26. The van der Waals surface area contributed by atoms with Crippen LogP contribution in [0.2, 0.25) is 0 Å². The lowest BCUT2D eigenvalue weighted by Crippen LogP contribution is -2.39. The largest absolute Gasteiger partial charge is 0.396 e. The van der Waals surface area contributed by atoms with Crippen molar-refractivity contribution in [1.82, 2.24) is 14.5 Å². The van der Waals surface area contributed by atoms with E-state index in [1.165, 1.54) is 0 Å². The summed E-state index contributed by atoms with van der Waals surface area (Å²) in [7, 11) is -1.89. The fraction of sp³-hybridized carbons (Fsp3) is 0.750. The molecule has 1 rings (SSSR count). The maximum atomic E-state index is 12.4. The van der Waals surface area contributed by atoms with Crippen LogP contribution in [0.25, 0.3) is 0 Å². The van der Waals surface area contributed by atoms with E-state index in [0.29, 0.717) is 17.8 Å². The number of nitrogens with one attached hydrogen (secondary N) is 1. The molecule has 19 heavy (non-hydrogen) atoms. The van der Waals surface area contributed by atoms with Crippen LogP contribution in [0, 0.1) is 19.8 Å². The highest BCUT2D eigenvalue weighted by Gasteiger charge is 2.27. The second kappa shape index (κ2) is 6.02. The minimum atomic E-state index is -3.61. The van der Waals surface area contributed by atoms with E-state index in [1.807, 2.05) is 13.8 Å². The molecule has 0 aliphatic heterocycles. The lowest BCUT2D eigenvalue weighted by molar-refractivity contribution is 0.256. The van der Waals surface area contributed by atoms with Crippen LogP contribution < -0.4 is 4.72 Å². The third kappa shape index (κ3) is 3.55. The minimum absolute atomic E-state index is 0.0453. The predicted molar refractivity (Wildman–Crippen MR) is 73.3 cm³/mol. The summed E-state index contributed by atoms with van der Waals surface area (Å²) >= 11 is 0. The second-order valence-corrected chi connectivity index (χ2v) is 6.76. The summed E-state index contributed by atoms with van der Waals surface area (Å²) < 4.78 is 29.1. The SMILES string of the molecule is Cc1nn(C)c(C)c1S(=O)(=O)NC(CCO)C(C)C. The normalized spacial score (nSPS) is 14.1. The first kappa shape index (κ1) is 16.1. The van der Waals surface area contributed by atoms with Gasteiger partial charge in [0.2, 0.25) is 10.0 Å². The Kier molecular flexibility index (Phi) is 5.11. The van der Waals surface area contributed by atoms with Crippen molar-refractivity contribution >= 4 is 10.0 Å². The summed E-state index contributed by atoms with van der Waals surface area (Å²) in [6, 6.07) is -0.283. The lowest BCUT2D eigenvalue weighted by atomic mass is 10.0. The highest BCUT2D eigenvalue weighted by molar-refractivity contribution is 7.89. The number of aromatic nitrogens is 2. The molecule has 0 spiro atoms. The van der Waals surface area contributed by atoms with Crippen LogP contribution in [0.15, 0.2) is 4.90 Å². The van der Waals surface area contributed by atoms with Crippen molar-refractivity contribution in [1.29, 1.82) is 0 Å². The molecular formula is C12H23N3O3S. The van der Waals surface area contributed by atoms with Crippen LogP contribution in [0.1, 0.15) is 31.7 Å². The van der Waals surface area contributed by atoms with Gasteiger partial charge in [-0.25, -0.2) is 13.1 Å². The molecule has 0 fully saturated rings. The first-order valence-electron chi connectivity index (χ1n) is 6.34. The Balaban J connectivity index is 3.10. The van der Waals surface area contributed by atoms with Gasteiger partial charge in [-0.15, -0.1) is 0 Å². The van der Waals surface area contributed by atoms with Gasteiger partial charge in [-0.1, -0.05) is 13.8 Å². The number of nitrogens with zero attached hydrogens (tertiary/aromatic N) is 2. The maximum Gasteiger partial charge on any atom is 0.244 e. The molecule has 2 N–H and O–H groups in total. The molecule has 1 aromatic heterocycles. The summed E-state index contributed by atoms with van der Waals surface area (Å²) in [6.07, 6.45) is 0.398. The fourth-order valence-corrected chi connectivity index (χ4v) is 3.93. The van der Waals surface area contributed by atoms with Crippen molar-refractivity contribution in [2.75, 3.05) is 6.61 Å². The number of hydrogen-bond donors (Lipinski definition) is 2. The van der Waals surface area contributed by atoms with Gasteiger partial charge in [0.15, 0.2) is 0 Å². The summed E-state index contributed by atoms with van der Waals surface area (Å²) in [4.78, 5) is 0.235. The average molecular weight is 289 g/mol. The van der Waals surface area contributed by atoms with Gasteiger partial charge in [0.05, 0.1) is 11.4 Å². The third-order valence-corrected chi connectivity index (χ3v) is 5.00. The van der Waals surface area contributed by atoms with Crippen LogP contribution >= 0.6 is 0 Å². The Bertz CT molecular complexity index is 535. The number of aliphatic hydroxyl groups is 1. The summed E-state index contributed by atoms with van der Waals surface area (Å²) in [5.41, 5.74) is 1.09. The van der Waals surface area contributed by atoms with Gasteiger partial charge in [0.25, 0.3) is 0 Å². The highest BCUT2D eigenvalue weighted by atomic mass is 32.2. The summed E-state index contributed by atoms with van der Waals surface area (Å²) in [6.45, 7) is 7.21. The number of aryl methyl sites for hydroxylation is 2. The van der Waals surface area contributed by atoms with Crippen molar-refractivity contribution in [3.63, 3.8) is 0 Å². The Hall–Kier alpha value is -0.920. The van der Waals surface area contributed by atoms with Gasteiger partial charge in [0, 0.05) is 19.7 Å². The van der Waals surface area contributed by atoms with Crippen LogP contribution in [0.3, 0.4) is 0 Å². The average Bonchev–Trinajstić information content (AvgIpc) is 2.52. The molecule has 7 heteroatoms. The quantitative estimate of drug-likeness (QED) is 0.808. The van der Waals surface area contributed by atoms with Gasteiger partial charge < -0.3 is 5.11 Å². The van der Waals surface area contributed by atoms with Crippen LogP contribution in [-0.2, 0) is 17.1 Å². The standard InChI is InChI=1S/C12H23N3O3S/c1-8(2)11(6-7-16)14-19(17,18)12-9(3)13-15(5)10(12)4/h8,11,14,16H,6-7H2,1-5H3. The molecule has 1 atom stereocenters. The molecule has 0 aliphatic carbocycles. The molecule has 1 aromatic rings. The lowest BCUT2D eigenvalue weighted by Gasteiger charge is -2.21. The van der Waals surface area contributed by atoms with Gasteiger partial charge >= 0.3 is 0 Å². The number of rotatable bonds is 6. The zero-order valence-electron chi connectivity index (χ0n) is 12.1. The van der Waals surface area contributed by atoms with Gasteiger partial charge in [0.1, 0.15) is 4.90 Å². The number of sulfonamides is 1. The minimum Gasteiger partial charge on any atom is -0.396 e. The summed E-state index contributed by atoms with van der Waals surface area (Å²) in [5.74, 6) is 0.110. The Morgan fingerprint density at radius 1 is 1.37 bits per heavy atom. The fourth-order valence-electron chi connectivity index (χ4n) is 2.07. The zero-order chi connectivity index (χ0) is 14.8. The second-order valence-electron chi connectivity index (χ2n) is 5.11. The molecule has 0 aromatic carbocycles. The van der Waals surface area contributed by atoms with Crippen molar-refractivity contribution < 1.29 is 13.5 Å². The molecule has 0 bridgehead atoms. The van der Waals surface area contributed by atoms with E-state index in [0.717, 1.165) is 0 Å². The molecule has 1 heterocycles. The number of aliphatic hydroxyl groups excluding tert-OH is 1. The van der Waals surface area contributed by atoms with E-state index in [4.69, 9.17) is 5.11 Å². The van der Waals surface area contributed by atoms with E-state index >= 15 is 0 Å². The molecule has 0 saturated carbocycles. The molecule has 0 amide bonds. The monoisotopic (exact) mass is 289 g/mol. The number of hydrogen-bond acceptors (Lipinski definition) is 4. The van der Waals surface area contributed by atoms with Crippen molar-refractivity contribution in [3.8, 4) is 0 Å². The van der Waals surface area contributed by atoms with E-state index < -0.39 is 10.0 Å². The van der Waals surface area contributed by atoms with E-state index in [9.17, 15) is 8.42 Å². The van der Waals surface area contributed by atoms with Crippen LogP contribution in [-0.4, -0.2) is 36.0 Å². The van der Waals surface area contributed by atoms with Gasteiger partial charge in [-0.2, -0.15) is 5.10 Å². The molecule has 0 aliphatic rings. The van der Waals surface area contributed by atoms with Gasteiger partial charge in [-0.3, -0.25) is 4.68 Å². The summed E-state index contributed by atoms with van der Waals surface area (Å²) in [5, 5.41) is 13.1. The molecule has 0 radical (unpaired) electrons. The molecular weight excluding hydrogens is 266 g/mol. The van der Waals surface area contributed by atoms with Crippen molar-refractivity contribution in [2.45, 2.75) is 45.1 Å². The van der Waals surface area contributed by atoms with E-state index in [-0.39, 0.29) is 23.5 Å². The van der Waals surface area contributed by atoms with Gasteiger partial charge in [-0.05, 0) is 26.2 Å². The molecule has 6 nitrogen and oxygen atoms in total. The molecule has 1 unspecified atom stereocenters. The smallest absolute Gasteiger partial charge is 0.244 e. The van der Waals surface area contributed by atoms with Crippen molar-refractivity contribution in [3.05, 3.63) is 11.4 Å². The Morgan fingerprint density at radius 2 is 1.95 bits per heavy atom. The van der Waals surface area contributed by atoms with E-state index in [1.54, 1.807) is 25.6 Å². The molecule has 110 valence electrons. The predicted octanol–water partition coefficient (Wildman–Crippen LogP) is 0.722. The zero-order valence-corrected chi connectivity index (χ0v) is 13.0. The van der Waals surface area contributed by atoms with E-state index in [2.05, 4.69) is 9.82 Å².